The minimum atomic E-state index is -3.51. The average Bonchev–Trinajstić information content (AvgIpc) is 2.96. The number of thiazole rings is 1. The summed E-state index contributed by atoms with van der Waals surface area (Å²) < 4.78 is 27.3. The third-order valence-electron chi connectivity index (χ3n) is 3.47. The van der Waals surface area contributed by atoms with E-state index in [0.29, 0.717) is 20.9 Å². The van der Waals surface area contributed by atoms with Gasteiger partial charge in [-0.3, -0.25) is 10.1 Å². The number of halogens is 1. The van der Waals surface area contributed by atoms with Crippen LogP contribution in [0.15, 0.2) is 47.4 Å². The average molecular weight is 487 g/mol. The van der Waals surface area contributed by atoms with E-state index in [1.165, 1.54) is 31.5 Å². The van der Waals surface area contributed by atoms with Crippen LogP contribution < -0.4 is 5.32 Å². The summed E-state index contributed by atoms with van der Waals surface area (Å²) >= 11 is 3.41. The van der Waals surface area contributed by atoms with Crippen LogP contribution in [-0.4, -0.2) is 37.7 Å². The second-order valence-electron chi connectivity index (χ2n) is 5.40. The summed E-state index contributed by atoms with van der Waals surface area (Å²) in [6, 6.07) is 11.9. The van der Waals surface area contributed by atoms with Crippen LogP contribution in [0.4, 0.5) is 5.13 Å². The standard InChI is InChI=1S/C16H14IN3O3S2/c1-20(2)25(22,23)12-7-8-13-14(9-12)24-16(18-13)19-15(21)10-3-5-11(17)6-4-10/h3-9H,1-2H3,(H,18,19,21). The zero-order valence-corrected chi connectivity index (χ0v) is 17.1. The number of carbonyl (C=O) groups excluding carboxylic acids is 1. The van der Waals surface area contributed by atoms with E-state index < -0.39 is 10.0 Å². The number of hydrogen-bond donors (Lipinski definition) is 1. The van der Waals surface area contributed by atoms with Crippen LogP contribution in [0.1, 0.15) is 10.4 Å². The summed E-state index contributed by atoms with van der Waals surface area (Å²) in [5, 5.41) is 3.18. The molecule has 0 saturated heterocycles. The third kappa shape index (κ3) is 3.84. The SMILES string of the molecule is CN(C)S(=O)(=O)c1ccc2nc(NC(=O)c3ccc(I)cc3)sc2c1. The molecule has 0 aliphatic carbocycles. The van der Waals surface area contributed by atoms with Gasteiger partial charge in [0, 0.05) is 23.2 Å². The second kappa shape index (κ2) is 6.98. The zero-order chi connectivity index (χ0) is 18.2. The first kappa shape index (κ1) is 18.2. The molecule has 0 saturated carbocycles. The Morgan fingerprint density at radius 3 is 2.48 bits per heavy atom. The molecule has 0 radical (unpaired) electrons. The van der Waals surface area contributed by atoms with Crippen molar-refractivity contribution in [1.29, 1.82) is 0 Å². The summed E-state index contributed by atoms with van der Waals surface area (Å²) in [6.45, 7) is 0. The number of hydrogen-bond acceptors (Lipinski definition) is 5. The maximum atomic E-state index is 12.3. The molecule has 6 nitrogen and oxygen atoms in total. The molecule has 1 aromatic heterocycles. The van der Waals surface area contributed by atoms with Gasteiger partial charge in [-0.15, -0.1) is 0 Å². The van der Waals surface area contributed by atoms with E-state index in [1.807, 2.05) is 12.1 Å². The van der Waals surface area contributed by atoms with Crippen LogP contribution in [0.25, 0.3) is 10.2 Å². The Hall–Kier alpha value is -1.56. The summed E-state index contributed by atoms with van der Waals surface area (Å²) in [4.78, 5) is 16.8. The smallest absolute Gasteiger partial charge is 0.257 e. The van der Waals surface area contributed by atoms with E-state index in [4.69, 9.17) is 0 Å². The van der Waals surface area contributed by atoms with Crippen LogP contribution in [0.3, 0.4) is 0 Å². The Bertz CT molecular complexity index is 1040. The number of sulfonamides is 1. The van der Waals surface area contributed by atoms with Gasteiger partial charge in [0.25, 0.3) is 5.91 Å². The van der Waals surface area contributed by atoms with Gasteiger partial charge < -0.3 is 0 Å². The molecule has 0 bridgehead atoms. The quantitative estimate of drug-likeness (QED) is 0.573. The lowest BCUT2D eigenvalue weighted by Crippen LogP contribution is -2.22. The second-order valence-corrected chi connectivity index (χ2v) is 9.83. The fraction of sp³-hybridized carbons (Fsp3) is 0.125. The maximum absolute atomic E-state index is 12.3. The highest BCUT2D eigenvalue weighted by atomic mass is 127. The number of fused-ring (bicyclic) bond motifs is 1. The molecule has 9 heteroatoms. The summed E-state index contributed by atoms with van der Waals surface area (Å²) in [7, 11) is -0.535. The van der Waals surface area contributed by atoms with E-state index in [2.05, 4.69) is 32.9 Å². The van der Waals surface area contributed by atoms with Crippen LogP contribution in [0.5, 0.6) is 0 Å². The molecule has 1 heterocycles. The van der Waals surface area contributed by atoms with Crippen molar-refractivity contribution in [2.45, 2.75) is 4.90 Å². The van der Waals surface area contributed by atoms with Gasteiger partial charge in [-0.25, -0.2) is 17.7 Å². The fourth-order valence-electron chi connectivity index (χ4n) is 2.10. The van der Waals surface area contributed by atoms with Gasteiger partial charge in [-0.1, -0.05) is 11.3 Å². The lowest BCUT2D eigenvalue weighted by atomic mass is 10.2. The molecule has 1 N–H and O–H groups in total. The minimum Gasteiger partial charge on any atom is -0.298 e. The lowest BCUT2D eigenvalue weighted by Gasteiger charge is -2.10. The molecular weight excluding hydrogens is 473 g/mol. The molecule has 25 heavy (non-hydrogen) atoms. The molecule has 0 aliphatic heterocycles. The highest BCUT2D eigenvalue weighted by Gasteiger charge is 2.18. The van der Waals surface area contributed by atoms with Gasteiger partial charge in [-0.05, 0) is 65.1 Å². The third-order valence-corrected chi connectivity index (χ3v) is 6.93. The first-order chi connectivity index (χ1) is 11.8. The minimum absolute atomic E-state index is 0.198. The molecule has 3 aromatic rings. The molecule has 0 aliphatic rings. The zero-order valence-electron chi connectivity index (χ0n) is 13.4. The van der Waals surface area contributed by atoms with Gasteiger partial charge in [0.15, 0.2) is 5.13 Å². The molecule has 3 rings (SSSR count). The van der Waals surface area contributed by atoms with E-state index in [1.54, 1.807) is 24.3 Å². The molecule has 130 valence electrons. The Labute approximate surface area is 163 Å². The molecular formula is C16H14IN3O3S2. The van der Waals surface area contributed by atoms with Crippen molar-refractivity contribution in [1.82, 2.24) is 9.29 Å². The lowest BCUT2D eigenvalue weighted by molar-refractivity contribution is 0.102. The van der Waals surface area contributed by atoms with Gasteiger partial charge in [0.2, 0.25) is 10.0 Å². The van der Waals surface area contributed by atoms with Gasteiger partial charge in [-0.2, -0.15) is 0 Å². The van der Waals surface area contributed by atoms with Gasteiger partial charge >= 0.3 is 0 Å². The van der Waals surface area contributed by atoms with Crippen molar-refractivity contribution < 1.29 is 13.2 Å². The van der Waals surface area contributed by atoms with Gasteiger partial charge in [0.1, 0.15) is 0 Å². The van der Waals surface area contributed by atoms with Crippen molar-refractivity contribution in [3.63, 3.8) is 0 Å². The van der Waals surface area contributed by atoms with Crippen molar-refractivity contribution >= 4 is 65.2 Å². The number of anilines is 1. The van der Waals surface area contributed by atoms with Crippen LogP contribution in [-0.2, 0) is 10.0 Å². The Morgan fingerprint density at radius 2 is 1.84 bits per heavy atom. The molecule has 0 spiro atoms. The number of nitrogens with one attached hydrogen (secondary N) is 1. The van der Waals surface area contributed by atoms with E-state index in [0.717, 1.165) is 7.88 Å². The molecule has 0 unspecified atom stereocenters. The Kier molecular flexibility index (Phi) is 5.09. The first-order valence-electron chi connectivity index (χ1n) is 7.17. The first-order valence-corrected chi connectivity index (χ1v) is 10.5. The largest absolute Gasteiger partial charge is 0.298 e. The summed E-state index contributed by atoms with van der Waals surface area (Å²) in [5.74, 6) is -0.253. The predicted molar refractivity (Wildman–Crippen MR) is 108 cm³/mol. The number of nitrogens with zero attached hydrogens (tertiary/aromatic N) is 2. The number of carbonyl (C=O) groups is 1. The monoisotopic (exact) mass is 487 g/mol. The highest BCUT2D eigenvalue weighted by Crippen LogP contribution is 2.29. The number of rotatable bonds is 4. The highest BCUT2D eigenvalue weighted by molar-refractivity contribution is 14.1. The van der Waals surface area contributed by atoms with Gasteiger partial charge in [0.05, 0.1) is 15.1 Å². The predicted octanol–water partition coefficient (Wildman–Crippen LogP) is 3.40. The normalized spacial score (nSPS) is 11.8. The Balaban J connectivity index is 1.89. The van der Waals surface area contributed by atoms with E-state index in [-0.39, 0.29) is 10.8 Å². The van der Waals surface area contributed by atoms with Crippen molar-refractivity contribution in [2.75, 3.05) is 19.4 Å². The fourth-order valence-corrected chi connectivity index (χ4v) is 4.36. The topological polar surface area (TPSA) is 79.4 Å². The van der Waals surface area contributed by atoms with Crippen molar-refractivity contribution in [3.8, 4) is 0 Å². The van der Waals surface area contributed by atoms with Crippen molar-refractivity contribution in [3.05, 3.63) is 51.6 Å². The number of amides is 1. The van der Waals surface area contributed by atoms with Crippen LogP contribution in [0.2, 0.25) is 0 Å². The summed E-state index contributed by atoms with van der Waals surface area (Å²) in [6.07, 6.45) is 0. The summed E-state index contributed by atoms with van der Waals surface area (Å²) in [5.41, 5.74) is 1.18. The Morgan fingerprint density at radius 1 is 1.16 bits per heavy atom. The molecule has 1 amide bonds. The number of benzene rings is 2. The maximum Gasteiger partial charge on any atom is 0.257 e. The van der Waals surface area contributed by atoms with E-state index >= 15 is 0 Å². The van der Waals surface area contributed by atoms with E-state index in [9.17, 15) is 13.2 Å². The van der Waals surface area contributed by atoms with Crippen LogP contribution in [0, 0.1) is 3.57 Å². The number of aromatic nitrogens is 1. The van der Waals surface area contributed by atoms with Crippen molar-refractivity contribution in [2.24, 2.45) is 0 Å². The molecule has 0 fully saturated rings. The molecule has 2 aromatic carbocycles. The molecule has 0 atom stereocenters. The van der Waals surface area contributed by atoms with Crippen LogP contribution >= 0.6 is 33.9 Å².